The molecule has 2 aromatic rings. The van der Waals surface area contributed by atoms with Crippen LogP contribution in [0.25, 0.3) is 0 Å². The van der Waals surface area contributed by atoms with E-state index in [4.69, 9.17) is 5.11 Å². The van der Waals surface area contributed by atoms with E-state index in [2.05, 4.69) is 5.32 Å². The second kappa shape index (κ2) is 6.65. The molecular weight excluding hydrogens is 307 g/mol. The minimum atomic E-state index is -1.47. The molecule has 7 nitrogen and oxygen atoms in total. The Morgan fingerprint density at radius 2 is 1.87 bits per heavy atom. The lowest BCUT2D eigenvalue weighted by molar-refractivity contribution is -0.384. The van der Waals surface area contributed by atoms with Crippen molar-refractivity contribution < 1.29 is 24.0 Å². The van der Waals surface area contributed by atoms with Gasteiger partial charge in [-0.25, -0.2) is 9.18 Å². The Hall–Kier alpha value is -3.29. The van der Waals surface area contributed by atoms with Gasteiger partial charge >= 0.3 is 5.97 Å². The number of carbonyl (C=O) groups excluding carboxylic acids is 1. The lowest BCUT2D eigenvalue weighted by Gasteiger charge is -2.08. The number of nitro groups is 1. The minimum absolute atomic E-state index is 0.137. The molecule has 0 fully saturated rings. The van der Waals surface area contributed by atoms with E-state index >= 15 is 0 Å². The number of carboxylic acid groups (broad SMARTS) is 1. The Kier molecular flexibility index (Phi) is 4.65. The second-order valence-corrected chi connectivity index (χ2v) is 4.57. The summed E-state index contributed by atoms with van der Waals surface area (Å²) < 4.78 is 13.5. The predicted octanol–water partition coefficient (Wildman–Crippen LogP) is 2.36. The minimum Gasteiger partial charge on any atom is -0.478 e. The van der Waals surface area contributed by atoms with E-state index in [1.807, 2.05) is 0 Å². The average Bonchev–Trinajstić information content (AvgIpc) is 2.53. The number of nitrogens with zero attached hydrogens (tertiary/aromatic N) is 1. The zero-order chi connectivity index (χ0) is 17.0. The number of amides is 1. The summed E-state index contributed by atoms with van der Waals surface area (Å²) in [6.45, 7) is -0.137. The van der Waals surface area contributed by atoms with Gasteiger partial charge in [-0.05, 0) is 12.1 Å². The SMILES string of the molecule is O=C(O)c1cc([N+](=O)[O-])ccc1C(=O)NCc1ccccc1F. The van der Waals surface area contributed by atoms with Gasteiger partial charge in [0.15, 0.2) is 0 Å². The zero-order valence-electron chi connectivity index (χ0n) is 11.7. The number of halogens is 1. The smallest absolute Gasteiger partial charge is 0.336 e. The standard InChI is InChI=1S/C15H11FN2O5/c16-13-4-2-1-3-9(13)8-17-14(19)11-6-5-10(18(22)23)7-12(11)15(20)21/h1-7H,8H2,(H,17,19)(H,20,21). The summed E-state index contributed by atoms with van der Waals surface area (Å²) in [5.74, 6) is -2.74. The van der Waals surface area contributed by atoms with E-state index in [0.29, 0.717) is 0 Å². The number of benzene rings is 2. The first kappa shape index (κ1) is 16.1. The molecule has 0 radical (unpaired) electrons. The fourth-order valence-electron chi connectivity index (χ4n) is 1.93. The van der Waals surface area contributed by atoms with Gasteiger partial charge in [-0.1, -0.05) is 18.2 Å². The Labute approximate surface area is 129 Å². The van der Waals surface area contributed by atoms with Crippen LogP contribution in [0, 0.1) is 15.9 Å². The third kappa shape index (κ3) is 3.67. The van der Waals surface area contributed by atoms with Crippen LogP contribution in [0.3, 0.4) is 0 Å². The molecule has 23 heavy (non-hydrogen) atoms. The number of aromatic carboxylic acids is 1. The van der Waals surface area contributed by atoms with Crippen molar-refractivity contribution in [1.82, 2.24) is 5.32 Å². The number of non-ortho nitro benzene ring substituents is 1. The van der Waals surface area contributed by atoms with Crippen molar-refractivity contribution in [3.05, 3.63) is 75.1 Å². The molecule has 0 atom stereocenters. The third-order valence-corrected chi connectivity index (χ3v) is 3.09. The van der Waals surface area contributed by atoms with Gasteiger partial charge in [0.25, 0.3) is 11.6 Å². The Bertz CT molecular complexity index is 791. The molecule has 118 valence electrons. The van der Waals surface area contributed by atoms with Crippen molar-refractivity contribution in [2.45, 2.75) is 6.54 Å². The van der Waals surface area contributed by atoms with Crippen LogP contribution in [0.1, 0.15) is 26.3 Å². The maximum Gasteiger partial charge on any atom is 0.336 e. The van der Waals surface area contributed by atoms with E-state index in [1.165, 1.54) is 18.2 Å². The molecule has 0 aliphatic rings. The van der Waals surface area contributed by atoms with E-state index < -0.39 is 33.9 Å². The lowest BCUT2D eigenvalue weighted by atomic mass is 10.1. The molecule has 2 aromatic carbocycles. The van der Waals surface area contributed by atoms with Crippen LogP contribution < -0.4 is 5.32 Å². The fraction of sp³-hybridized carbons (Fsp3) is 0.0667. The number of nitro benzene ring substituents is 1. The molecule has 0 saturated carbocycles. The molecule has 0 aromatic heterocycles. The van der Waals surface area contributed by atoms with Gasteiger partial charge in [0, 0.05) is 24.2 Å². The summed E-state index contributed by atoms with van der Waals surface area (Å²) in [4.78, 5) is 33.2. The van der Waals surface area contributed by atoms with E-state index in [9.17, 15) is 24.1 Å². The van der Waals surface area contributed by atoms with Crippen molar-refractivity contribution >= 4 is 17.6 Å². The quantitative estimate of drug-likeness (QED) is 0.649. The molecule has 0 aliphatic heterocycles. The van der Waals surface area contributed by atoms with Gasteiger partial charge < -0.3 is 10.4 Å². The number of nitrogens with one attached hydrogen (secondary N) is 1. The summed E-state index contributed by atoms with van der Waals surface area (Å²) in [6, 6.07) is 8.70. The van der Waals surface area contributed by atoms with Crippen molar-refractivity contribution in [1.29, 1.82) is 0 Å². The highest BCUT2D eigenvalue weighted by molar-refractivity contribution is 6.05. The monoisotopic (exact) mass is 318 g/mol. The van der Waals surface area contributed by atoms with Gasteiger partial charge in [0.05, 0.1) is 16.1 Å². The van der Waals surface area contributed by atoms with Gasteiger partial charge in [-0.15, -0.1) is 0 Å². The topological polar surface area (TPSA) is 110 Å². The first-order valence-electron chi connectivity index (χ1n) is 6.43. The number of hydrogen-bond acceptors (Lipinski definition) is 4. The predicted molar refractivity (Wildman–Crippen MR) is 77.6 cm³/mol. The maximum absolute atomic E-state index is 13.5. The van der Waals surface area contributed by atoms with Gasteiger partial charge in [-0.3, -0.25) is 14.9 Å². The Morgan fingerprint density at radius 1 is 1.17 bits per heavy atom. The highest BCUT2D eigenvalue weighted by Gasteiger charge is 2.20. The molecule has 0 heterocycles. The van der Waals surface area contributed by atoms with Crippen LogP contribution in [0.5, 0.6) is 0 Å². The molecule has 0 aliphatic carbocycles. The molecular formula is C15H11FN2O5. The summed E-state index contributed by atoms with van der Waals surface area (Å²) >= 11 is 0. The van der Waals surface area contributed by atoms with Crippen molar-refractivity contribution in [3.8, 4) is 0 Å². The molecule has 2 rings (SSSR count). The van der Waals surface area contributed by atoms with Crippen LogP contribution in [0.15, 0.2) is 42.5 Å². The van der Waals surface area contributed by atoms with Gasteiger partial charge in [-0.2, -0.15) is 0 Å². The van der Waals surface area contributed by atoms with Crippen molar-refractivity contribution in [2.24, 2.45) is 0 Å². The van der Waals surface area contributed by atoms with E-state index in [-0.39, 0.29) is 17.7 Å². The van der Waals surface area contributed by atoms with Crippen LogP contribution in [0.2, 0.25) is 0 Å². The first-order chi connectivity index (χ1) is 10.9. The fourth-order valence-corrected chi connectivity index (χ4v) is 1.93. The van der Waals surface area contributed by atoms with E-state index in [1.54, 1.807) is 6.07 Å². The van der Waals surface area contributed by atoms with Crippen LogP contribution in [-0.4, -0.2) is 21.9 Å². The lowest BCUT2D eigenvalue weighted by Crippen LogP contribution is -2.25. The first-order valence-corrected chi connectivity index (χ1v) is 6.43. The largest absolute Gasteiger partial charge is 0.478 e. The number of rotatable bonds is 5. The number of carboxylic acids is 1. The maximum atomic E-state index is 13.5. The van der Waals surface area contributed by atoms with Crippen LogP contribution in [-0.2, 0) is 6.54 Å². The highest BCUT2D eigenvalue weighted by atomic mass is 19.1. The van der Waals surface area contributed by atoms with Crippen molar-refractivity contribution in [3.63, 3.8) is 0 Å². The molecule has 0 spiro atoms. The molecule has 0 saturated heterocycles. The summed E-state index contributed by atoms with van der Waals surface area (Å²) in [7, 11) is 0. The summed E-state index contributed by atoms with van der Waals surface area (Å²) in [5, 5.41) is 22.2. The van der Waals surface area contributed by atoms with E-state index in [0.717, 1.165) is 18.2 Å². The normalized spacial score (nSPS) is 10.1. The molecule has 1 amide bonds. The highest BCUT2D eigenvalue weighted by Crippen LogP contribution is 2.18. The second-order valence-electron chi connectivity index (χ2n) is 4.57. The summed E-state index contributed by atoms with van der Waals surface area (Å²) in [5.41, 5.74) is -0.933. The third-order valence-electron chi connectivity index (χ3n) is 3.09. The molecule has 8 heteroatoms. The Morgan fingerprint density at radius 3 is 2.48 bits per heavy atom. The molecule has 0 unspecified atom stereocenters. The van der Waals surface area contributed by atoms with Crippen LogP contribution >= 0.6 is 0 Å². The number of hydrogen-bond donors (Lipinski definition) is 2. The van der Waals surface area contributed by atoms with Gasteiger partial charge in [0.1, 0.15) is 5.82 Å². The molecule has 0 bridgehead atoms. The molecule has 2 N–H and O–H groups in total. The van der Waals surface area contributed by atoms with Crippen LogP contribution in [0.4, 0.5) is 10.1 Å². The summed E-state index contributed by atoms with van der Waals surface area (Å²) in [6.07, 6.45) is 0. The Balaban J connectivity index is 2.23. The van der Waals surface area contributed by atoms with Gasteiger partial charge in [0.2, 0.25) is 0 Å². The zero-order valence-corrected chi connectivity index (χ0v) is 11.7. The average molecular weight is 318 g/mol. The van der Waals surface area contributed by atoms with Crippen molar-refractivity contribution in [2.75, 3.05) is 0 Å². The number of carbonyl (C=O) groups is 2.